The van der Waals surface area contributed by atoms with Crippen LogP contribution in [0, 0.1) is 12.3 Å². The van der Waals surface area contributed by atoms with Gasteiger partial charge in [0.05, 0.1) is 6.61 Å². The Hall–Kier alpha value is -0.540. The van der Waals surface area contributed by atoms with E-state index in [1.54, 1.807) is 27.7 Å². The largest absolute Gasteiger partial charge is 0.557 e. The van der Waals surface area contributed by atoms with Gasteiger partial charge >= 0.3 is 13.9 Å². The summed E-state index contributed by atoms with van der Waals surface area (Å²) in [6, 6.07) is 10.3. The highest BCUT2D eigenvalue weighted by Gasteiger charge is 2.66. The van der Waals surface area contributed by atoms with Crippen LogP contribution in [-0.2, 0) is 32.8 Å². The fourth-order valence-electron chi connectivity index (χ4n) is 3.64. The summed E-state index contributed by atoms with van der Waals surface area (Å²) in [5, 5.41) is 7.74. The molecule has 184 valence electrons. The van der Waals surface area contributed by atoms with Crippen molar-refractivity contribution < 1.29 is 32.8 Å². The molecule has 1 unspecified atom stereocenters. The van der Waals surface area contributed by atoms with Crippen LogP contribution in [0.25, 0.3) is 0 Å². The van der Waals surface area contributed by atoms with Crippen LogP contribution in [0.4, 0.5) is 0 Å². The van der Waals surface area contributed by atoms with Crippen molar-refractivity contribution in [2.75, 3.05) is 6.61 Å². The van der Waals surface area contributed by atoms with Crippen molar-refractivity contribution in [3.8, 4) is 0 Å². The molecule has 0 bridgehead atoms. The van der Waals surface area contributed by atoms with E-state index < -0.39 is 59.6 Å². The summed E-state index contributed by atoms with van der Waals surface area (Å²) in [4.78, 5) is 0. The lowest BCUT2D eigenvalue weighted by molar-refractivity contribution is -0.173. The van der Waals surface area contributed by atoms with Gasteiger partial charge in [-0.2, -0.15) is 0 Å². The molecule has 3 aliphatic rings. The predicted molar refractivity (Wildman–Crippen MR) is 125 cm³/mol. The SMILES string of the molecule is CC1(C)O[C@H]2[C@@H]([C@H]3COC(C)(C)O3)O[P+](=O)[C@@H](OC(=N)C(Cl)(Cl)Cl)[C@H]2O1.Cc1ccccc1. The number of fused-ring (bicyclic) bond motifs is 1. The molecule has 12 heteroatoms. The number of rotatable bonds is 2. The van der Waals surface area contributed by atoms with E-state index in [4.69, 9.17) is 68.4 Å². The van der Waals surface area contributed by atoms with Crippen LogP contribution in [0.2, 0.25) is 0 Å². The molecule has 1 aromatic rings. The smallest absolute Gasteiger partial charge is 0.424 e. The Morgan fingerprint density at radius 1 is 1.03 bits per heavy atom. The molecule has 0 aromatic heterocycles. The summed E-state index contributed by atoms with van der Waals surface area (Å²) < 4.78 is 44.7. The normalized spacial score (nSPS) is 33.6. The first-order valence-electron chi connectivity index (χ1n) is 10.3. The Morgan fingerprint density at radius 2 is 1.64 bits per heavy atom. The second-order valence-corrected chi connectivity index (χ2v) is 12.3. The third-order valence-corrected chi connectivity index (χ3v) is 6.82. The second-order valence-electron chi connectivity index (χ2n) is 8.78. The van der Waals surface area contributed by atoms with Crippen LogP contribution < -0.4 is 0 Å². The predicted octanol–water partition coefficient (Wildman–Crippen LogP) is 5.48. The summed E-state index contributed by atoms with van der Waals surface area (Å²) in [5.74, 6) is -3.59. The van der Waals surface area contributed by atoms with Gasteiger partial charge in [0.15, 0.2) is 23.8 Å². The number of aryl methyl sites for hydroxylation is 1. The molecule has 33 heavy (non-hydrogen) atoms. The van der Waals surface area contributed by atoms with Gasteiger partial charge in [0.1, 0.15) is 12.2 Å². The molecule has 8 nitrogen and oxygen atoms in total. The number of hydrogen-bond donors (Lipinski definition) is 1. The van der Waals surface area contributed by atoms with Crippen molar-refractivity contribution in [3.63, 3.8) is 0 Å². The fourth-order valence-corrected chi connectivity index (χ4v) is 5.05. The van der Waals surface area contributed by atoms with Crippen LogP contribution in [0.15, 0.2) is 30.3 Å². The molecule has 3 aliphatic heterocycles. The van der Waals surface area contributed by atoms with Gasteiger partial charge in [0.25, 0.3) is 3.79 Å². The number of benzene rings is 1. The molecule has 0 aliphatic carbocycles. The van der Waals surface area contributed by atoms with Crippen molar-refractivity contribution in [1.29, 1.82) is 5.41 Å². The number of ether oxygens (including phenoxy) is 5. The summed E-state index contributed by atoms with van der Waals surface area (Å²) in [6.45, 7) is 9.31. The zero-order valence-corrected chi connectivity index (χ0v) is 22.1. The molecule has 3 heterocycles. The number of hydrogen-bond acceptors (Lipinski definition) is 8. The van der Waals surface area contributed by atoms with Crippen molar-refractivity contribution in [3.05, 3.63) is 35.9 Å². The van der Waals surface area contributed by atoms with Crippen LogP contribution in [0.3, 0.4) is 0 Å². The molecule has 0 saturated carbocycles. The molecule has 4 rings (SSSR count). The Morgan fingerprint density at radius 3 is 2.12 bits per heavy atom. The molecule has 0 amide bonds. The van der Waals surface area contributed by atoms with Crippen molar-refractivity contribution in [2.24, 2.45) is 0 Å². The van der Waals surface area contributed by atoms with Crippen LogP contribution in [-0.4, -0.2) is 58.1 Å². The molecule has 0 radical (unpaired) electrons. The van der Waals surface area contributed by atoms with Gasteiger partial charge in [-0.15, -0.1) is 4.52 Å². The van der Waals surface area contributed by atoms with E-state index in [1.807, 2.05) is 18.2 Å². The molecule has 6 atom stereocenters. The number of nitrogens with one attached hydrogen (secondary N) is 1. The zero-order valence-electron chi connectivity index (χ0n) is 18.9. The first kappa shape index (κ1) is 27.1. The van der Waals surface area contributed by atoms with E-state index in [0.717, 1.165) is 0 Å². The third kappa shape index (κ3) is 7.00. The van der Waals surface area contributed by atoms with E-state index >= 15 is 0 Å². The topological polar surface area (TPSA) is 96.3 Å². The molecule has 1 N–H and O–H groups in total. The van der Waals surface area contributed by atoms with Crippen molar-refractivity contribution in [2.45, 2.75) is 80.2 Å². The molecular formula is C21H28Cl3NO7P+. The lowest BCUT2D eigenvalue weighted by atomic mass is 10.0. The Kier molecular flexibility index (Phi) is 8.37. The minimum atomic E-state index is -2.42. The molecule has 3 fully saturated rings. The van der Waals surface area contributed by atoms with Crippen molar-refractivity contribution in [1.82, 2.24) is 0 Å². The second kappa shape index (κ2) is 10.2. The minimum Gasteiger partial charge on any atom is -0.424 e. The van der Waals surface area contributed by atoms with E-state index in [9.17, 15) is 4.57 Å². The van der Waals surface area contributed by atoms with Crippen LogP contribution in [0.5, 0.6) is 0 Å². The summed E-state index contributed by atoms with van der Waals surface area (Å²) >= 11 is 17.0. The first-order chi connectivity index (χ1) is 15.2. The van der Waals surface area contributed by atoms with Gasteiger partial charge in [-0.3, -0.25) is 5.41 Å². The molecule has 0 spiro atoms. The highest BCUT2D eigenvalue weighted by molar-refractivity contribution is 7.40. The molecule has 1 aromatic carbocycles. The lowest BCUT2D eigenvalue weighted by Gasteiger charge is -2.31. The standard InChI is InChI=1S/C14H20Cl3NO7P.C7H8/c1-12(2)20-5-6(22-12)7-8-9(24-13(3,4)23-8)10(26(19)25-7)21-11(18)14(15,16)17;1-7-5-3-2-4-6-7/h6-10,18H,5H2,1-4H3;2-6H,1H3/q+1;/t6-,7-,8+,9+,10-;/m1./s1. The molecular weight excluding hydrogens is 516 g/mol. The van der Waals surface area contributed by atoms with E-state index in [0.29, 0.717) is 0 Å². The Labute approximate surface area is 209 Å². The van der Waals surface area contributed by atoms with Gasteiger partial charge in [-0.05, 0) is 39.2 Å². The Bertz CT molecular complexity index is 865. The van der Waals surface area contributed by atoms with Gasteiger partial charge in [0.2, 0.25) is 5.90 Å². The average Bonchev–Trinajstić information content (AvgIpc) is 3.22. The average molecular weight is 544 g/mol. The third-order valence-electron chi connectivity index (χ3n) is 5.04. The first-order valence-corrected chi connectivity index (χ1v) is 12.7. The van der Waals surface area contributed by atoms with E-state index in [2.05, 4.69) is 19.1 Å². The van der Waals surface area contributed by atoms with Gasteiger partial charge in [-0.25, -0.2) is 0 Å². The van der Waals surface area contributed by atoms with Crippen molar-refractivity contribution >= 4 is 48.7 Å². The number of halogens is 3. The summed E-state index contributed by atoms with van der Waals surface area (Å²) in [6.07, 6.45) is -2.66. The lowest BCUT2D eigenvalue weighted by Crippen LogP contribution is -2.53. The monoisotopic (exact) mass is 542 g/mol. The van der Waals surface area contributed by atoms with Gasteiger partial charge < -0.3 is 23.7 Å². The van der Waals surface area contributed by atoms with Crippen LogP contribution >= 0.6 is 42.8 Å². The highest BCUT2D eigenvalue weighted by atomic mass is 35.6. The van der Waals surface area contributed by atoms with Gasteiger partial charge in [-0.1, -0.05) is 70.7 Å². The Balaban J connectivity index is 0.000000374. The summed E-state index contributed by atoms with van der Waals surface area (Å²) in [7, 11) is -2.42. The maximum absolute atomic E-state index is 12.7. The van der Waals surface area contributed by atoms with Crippen LogP contribution in [0.1, 0.15) is 33.3 Å². The maximum Gasteiger partial charge on any atom is 0.557 e. The maximum atomic E-state index is 12.7. The quantitative estimate of drug-likeness (QED) is 0.228. The van der Waals surface area contributed by atoms with E-state index in [1.165, 1.54) is 5.56 Å². The van der Waals surface area contributed by atoms with E-state index in [-0.39, 0.29) is 6.61 Å². The summed E-state index contributed by atoms with van der Waals surface area (Å²) in [5.41, 5.74) is 1.32. The highest BCUT2D eigenvalue weighted by Crippen LogP contribution is 2.51. The number of alkyl halides is 3. The van der Waals surface area contributed by atoms with Gasteiger partial charge in [0, 0.05) is 0 Å². The zero-order chi connectivity index (χ0) is 24.6. The fraction of sp³-hybridized carbons (Fsp3) is 0.667. The minimum absolute atomic E-state index is 0.253. The molecule has 3 saturated heterocycles.